The first-order chi connectivity index (χ1) is 7.40. The summed E-state index contributed by atoms with van der Waals surface area (Å²) in [5.41, 5.74) is 2.43. The van der Waals surface area contributed by atoms with Gasteiger partial charge in [0, 0.05) is 12.4 Å². The number of hydrogen-bond acceptors (Lipinski definition) is 4. The average Bonchev–Trinajstić information content (AvgIpc) is 2.32. The van der Waals surface area contributed by atoms with Crippen LogP contribution in [-0.4, -0.2) is 9.97 Å². The van der Waals surface area contributed by atoms with Crippen molar-refractivity contribution in [2.45, 2.75) is 6.54 Å². The van der Waals surface area contributed by atoms with Crippen LogP contribution in [0.3, 0.4) is 0 Å². The monoisotopic (exact) mass is 199 g/mol. The van der Waals surface area contributed by atoms with Crippen molar-refractivity contribution in [1.82, 2.24) is 9.97 Å². The lowest BCUT2D eigenvalue weighted by atomic mass is 10.2. The Morgan fingerprint density at radius 3 is 2.53 bits per heavy atom. The first kappa shape index (κ1) is 9.45. The summed E-state index contributed by atoms with van der Waals surface area (Å²) in [4.78, 5) is 18.4. The second-order valence-electron chi connectivity index (χ2n) is 3.05. The normalized spacial score (nSPS) is 9.87. The van der Waals surface area contributed by atoms with Crippen molar-refractivity contribution in [3.63, 3.8) is 0 Å². The highest BCUT2D eigenvalue weighted by Crippen LogP contribution is 2.13. The Hall–Kier alpha value is -2.10. The van der Waals surface area contributed by atoms with E-state index < -0.39 is 0 Å². The molecule has 2 aromatic heterocycles. The van der Waals surface area contributed by atoms with Crippen LogP contribution in [0.4, 0.5) is 0 Å². The number of nitrogens with zero attached hydrogens (tertiary/aromatic N) is 3. The van der Waals surface area contributed by atoms with Gasteiger partial charge in [0.1, 0.15) is 6.54 Å². The molecule has 0 fully saturated rings. The SMILES string of the molecule is O=NCc1ccc(-c2ccccn2)nc1. The number of pyridine rings is 2. The molecule has 4 nitrogen and oxygen atoms in total. The highest BCUT2D eigenvalue weighted by atomic mass is 16.3. The molecular formula is C11H9N3O. The predicted octanol–water partition coefficient (Wildman–Crippen LogP) is 2.41. The molecule has 4 heteroatoms. The third-order valence-corrected chi connectivity index (χ3v) is 2.00. The Morgan fingerprint density at radius 1 is 1.07 bits per heavy atom. The van der Waals surface area contributed by atoms with E-state index >= 15 is 0 Å². The van der Waals surface area contributed by atoms with Gasteiger partial charge in [-0.1, -0.05) is 17.3 Å². The second-order valence-corrected chi connectivity index (χ2v) is 3.05. The number of aromatic nitrogens is 2. The minimum Gasteiger partial charge on any atom is -0.255 e. The summed E-state index contributed by atoms with van der Waals surface area (Å²) in [7, 11) is 0. The van der Waals surface area contributed by atoms with Gasteiger partial charge in [-0.25, -0.2) is 0 Å². The maximum atomic E-state index is 10.0. The van der Waals surface area contributed by atoms with Gasteiger partial charge < -0.3 is 0 Å². The number of nitroso groups, excluding NO2 is 1. The Morgan fingerprint density at radius 2 is 1.93 bits per heavy atom. The quantitative estimate of drug-likeness (QED) is 0.713. The molecule has 0 unspecified atom stereocenters. The van der Waals surface area contributed by atoms with E-state index in [9.17, 15) is 4.91 Å². The van der Waals surface area contributed by atoms with Gasteiger partial charge in [0.25, 0.3) is 0 Å². The van der Waals surface area contributed by atoms with Crippen LogP contribution in [0.2, 0.25) is 0 Å². The standard InChI is InChI=1S/C11H9N3O/c15-14-8-9-4-5-11(13-7-9)10-3-1-2-6-12-10/h1-7H,8H2. The van der Waals surface area contributed by atoms with Crippen molar-refractivity contribution in [3.8, 4) is 11.4 Å². The smallest absolute Gasteiger partial charge is 0.108 e. The lowest BCUT2D eigenvalue weighted by Crippen LogP contribution is -1.88. The van der Waals surface area contributed by atoms with E-state index in [-0.39, 0.29) is 6.54 Å². The zero-order chi connectivity index (χ0) is 10.5. The van der Waals surface area contributed by atoms with Gasteiger partial charge in [-0.15, -0.1) is 0 Å². The zero-order valence-electron chi connectivity index (χ0n) is 8.00. The van der Waals surface area contributed by atoms with Gasteiger partial charge in [-0.2, -0.15) is 4.91 Å². The molecule has 15 heavy (non-hydrogen) atoms. The fraction of sp³-hybridized carbons (Fsp3) is 0.0909. The second kappa shape index (κ2) is 4.41. The number of rotatable bonds is 3. The van der Waals surface area contributed by atoms with E-state index in [1.807, 2.05) is 30.3 Å². The molecule has 0 saturated heterocycles. The highest BCUT2D eigenvalue weighted by Gasteiger charge is 1.99. The molecule has 0 saturated carbocycles. The molecule has 2 aromatic rings. The first-order valence-electron chi connectivity index (χ1n) is 4.55. The van der Waals surface area contributed by atoms with Crippen LogP contribution in [0.5, 0.6) is 0 Å². The zero-order valence-corrected chi connectivity index (χ0v) is 8.00. The van der Waals surface area contributed by atoms with Gasteiger partial charge in [0.15, 0.2) is 0 Å². The molecule has 0 aliphatic rings. The number of hydrogen-bond donors (Lipinski definition) is 0. The van der Waals surface area contributed by atoms with E-state index in [0.29, 0.717) is 0 Å². The van der Waals surface area contributed by atoms with Gasteiger partial charge in [0.2, 0.25) is 0 Å². The molecule has 74 valence electrons. The molecule has 2 rings (SSSR count). The minimum absolute atomic E-state index is 0.162. The largest absolute Gasteiger partial charge is 0.255 e. The lowest BCUT2D eigenvalue weighted by molar-refractivity contribution is 1.03. The Bertz CT molecular complexity index is 439. The molecule has 0 bridgehead atoms. The van der Waals surface area contributed by atoms with Crippen LogP contribution < -0.4 is 0 Å². The van der Waals surface area contributed by atoms with Crippen LogP contribution in [0, 0.1) is 4.91 Å². The molecule has 0 atom stereocenters. The minimum atomic E-state index is 0.162. The fourth-order valence-corrected chi connectivity index (χ4v) is 1.26. The Balaban J connectivity index is 2.28. The van der Waals surface area contributed by atoms with Crippen LogP contribution >= 0.6 is 0 Å². The summed E-state index contributed by atoms with van der Waals surface area (Å²) < 4.78 is 0. The Kier molecular flexibility index (Phi) is 2.78. The molecule has 0 aromatic carbocycles. The van der Waals surface area contributed by atoms with Crippen molar-refractivity contribution >= 4 is 0 Å². The van der Waals surface area contributed by atoms with Crippen molar-refractivity contribution in [1.29, 1.82) is 0 Å². The van der Waals surface area contributed by atoms with E-state index in [0.717, 1.165) is 17.0 Å². The third-order valence-electron chi connectivity index (χ3n) is 2.00. The summed E-state index contributed by atoms with van der Waals surface area (Å²) in [6, 6.07) is 9.32. The van der Waals surface area contributed by atoms with E-state index in [2.05, 4.69) is 15.1 Å². The predicted molar refractivity (Wildman–Crippen MR) is 57.0 cm³/mol. The van der Waals surface area contributed by atoms with Crippen LogP contribution in [0.25, 0.3) is 11.4 Å². The van der Waals surface area contributed by atoms with Crippen molar-refractivity contribution in [2.24, 2.45) is 5.18 Å². The molecule has 0 radical (unpaired) electrons. The lowest BCUT2D eigenvalue weighted by Gasteiger charge is -1.99. The molecule has 2 heterocycles. The first-order valence-corrected chi connectivity index (χ1v) is 4.55. The average molecular weight is 199 g/mol. The van der Waals surface area contributed by atoms with Crippen LogP contribution in [0.15, 0.2) is 47.9 Å². The Labute approximate surface area is 87.0 Å². The van der Waals surface area contributed by atoms with Gasteiger partial charge in [0.05, 0.1) is 11.4 Å². The summed E-state index contributed by atoms with van der Waals surface area (Å²) in [6.45, 7) is 0.162. The van der Waals surface area contributed by atoms with E-state index in [1.54, 1.807) is 12.4 Å². The fourth-order valence-electron chi connectivity index (χ4n) is 1.26. The summed E-state index contributed by atoms with van der Waals surface area (Å²) >= 11 is 0. The highest BCUT2D eigenvalue weighted by molar-refractivity contribution is 5.53. The van der Waals surface area contributed by atoms with Gasteiger partial charge >= 0.3 is 0 Å². The maximum Gasteiger partial charge on any atom is 0.108 e. The third kappa shape index (κ3) is 2.22. The maximum absolute atomic E-state index is 10.0. The molecule has 0 aliphatic heterocycles. The molecular weight excluding hydrogens is 190 g/mol. The van der Waals surface area contributed by atoms with Crippen LogP contribution in [0.1, 0.15) is 5.56 Å². The van der Waals surface area contributed by atoms with E-state index in [1.165, 1.54) is 0 Å². The van der Waals surface area contributed by atoms with Gasteiger partial charge in [-0.05, 0) is 23.8 Å². The van der Waals surface area contributed by atoms with Gasteiger partial charge in [-0.3, -0.25) is 9.97 Å². The van der Waals surface area contributed by atoms with Crippen molar-refractivity contribution in [3.05, 3.63) is 53.2 Å². The van der Waals surface area contributed by atoms with Crippen molar-refractivity contribution in [2.75, 3.05) is 0 Å². The summed E-state index contributed by atoms with van der Waals surface area (Å²) in [6.07, 6.45) is 3.36. The van der Waals surface area contributed by atoms with Crippen LogP contribution in [-0.2, 0) is 6.54 Å². The molecule has 0 N–H and O–H groups in total. The summed E-state index contributed by atoms with van der Waals surface area (Å²) in [5, 5.41) is 2.80. The van der Waals surface area contributed by atoms with Crippen molar-refractivity contribution < 1.29 is 0 Å². The topological polar surface area (TPSA) is 55.2 Å². The van der Waals surface area contributed by atoms with E-state index in [4.69, 9.17) is 0 Å². The molecule has 0 amide bonds. The summed E-state index contributed by atoms with van der Waals surface area (Å²) in [5.74, 6) is 0. The molecule has 0 spiro atoms. The molecule has 0 aliphatic carbocycles.